The molecule has 2 rings (SSSR count). The van der Waals surface area contributed by atoms with Crippen molar-refractivity contribution in [3.63, 3.8) is 0 Å². The van der Waals surface area contributed by atoms with E-state index < -0.39 is 0 Å². The molecule has 0 bridgehead atoms. The minimum absolute atomic E-state index is 0.543. The van der Waals surface area contributed by atoms with Crippen molar-refractivity contribution >= 4 is 0 Å². The molecule has 0 atom stereocenters. The Labute approximate surface area is 100 Å². The van der Waals surface area contributed by atoms with Crippen LogP contribution in [0.5, 0.6) is 5.75 Å². The van der Waals surface area contributed by atoms with Crippen molar-refractivity contribution in [2.75, 3.05) is 13.7 Å². The minimum atomic E-state index is 0.543. The summed E-state index contributed by atoms with van der Waals surface area (Å²) in [7, 11) is 1.66. The second kappa shape index (κ2) is 5.01. The first-order valence-electron chi connectivity index (χ1n) is 5.54. The zero-order chi connectivity index (χ0) is 12.3. The van der Waals surface area contributed by atoms with E-state index in [9.17, 15) is 0 Å². The quantitative estimate of drug-likeness (QED) is 0.877. The maximum atomic E-state index is 5.45. The Morgan fingerprint density at radius 3 is 2.88 bits per heavy atom. The molecule has 0 saturated carbocycles. The van der Waals surface area contributed by atoms with Gasteiger partial charge in [-0.3, -0.25) is 0 Å². The summed E-state index contributed by atoms with van der Waals surface area (Å²) in [5.74, 6) is 1.55. The number of nitrogens with two attached hydrogens (primary N) is 1. The van der Waals surface area contributed by atoms with E-state index >= 15 is 0 Å². The lowest BCUT2D eigenvalue weighted by atomic mass is 10.1. The fourth-order valence-electron chi connectivity index (χ4n) is 1.72. The molecule has 1 heterocycles. The molecule has 4 heteroatoms. The molecule has 90 valence electrons. The molecule has 2 N–H and O–H groups in total. The summed E-state index contributed by atoms with van der Waals surface area (Å²) < 4.78 is 10.6. The van der Waals surface area contributed by atoms with Crippen molar-refractivity contribution < 1.29 is 9.15 Å². The highest BCUT2D eigenvalue weighted by Crippen LogP contribution is 2.25. The first-order chi connectivity index (χ1) is 8.24. The van der Waals surface area contributed by atoms with Gasteiger partial charge in [-0.2, -0.15) is 0 Å². The van der Waals surface area contributed by atoms with Crippen LogP contribution in [0.1, 0.15) is 11.5 Å². The zero-order valence-electron chi connectivity index (χ0n) is 10.1. The van der Waals surface area contributed by atoms with Gasteiger partial charge in [0, 0.05) is 18.5 Å². The Bertz CT molecular complexity index is 506. The van der Waals surface area contributed by atoms with E-state index in [1.165, 1.54) is 0 Å². The lowest BCUT2D eigenvalue weighted by molar-refractivity contribution is 0.412. The maximum absolute atomic E-state index is 5.45. The van der Waals surface area contributed by atoms with E-state index in [1.807, 2.05) is 25.1 Å². The smallest absolute Gasteiger partial charge is 0.195 e. The summed E-state index contributed by atoms with van der Waals surface area (Å²) in [4.78, 5) is 4.38. The monoisotopic (exact) mass is 232 g/mol. The number of rotatable bonds is 4. The summed E-state index contributed by atoms with van der Waals surface area (Å²) in [5.41, 5.74) is 8.39. The number of ether oxygens (including phenoxy) is 1. The minimum Gasteiger partial charge on any atom is -0.496 e. The molecular formula is C13H16N2O2. The van der Waals surface area contributed by atoms with Gasteiger partial charge in [-0.15, -0.1) is 0 Å². The first-order valence-corrected chi connectivity index (χ1v) is 5.54. The Kier molecular flexibility index (Phi) is 3.44. The summed E-state index contributed by atoms with van der Waals surface area (Å²) >= 11 is 0. The standard InChI is InChI=1S/C13H16N2O2/c1-9-7-10(3-4-12(9)16-2)11-8-17-13(15-11)5-6-14/h3-4,7-8H,5-6,14H2,1-2H3. The molecule has 1 aromatic heterocycles. The lowest BCUT2D eigenvalue weighted by Crippen LogP contribution is -2.02. The van der Waals surface area contributed by atoms with Crippen molar-refractivity contribution in [2.24, 2.45) is 5.73 Å². The Morgan fingerprint density at radius 1 is 1.41 bits per heavy atom. The summed E-state index contributed by atoms with van der Waals surface area (Å²) in [6.45, 7) is 2.55. The SMILES string of the molecule is COc1ccc(-c2coc(CCN)n2)cc1C. The average Bonchev–Trinajstić information content (AvgIpc) is 2.78. The second-order valence-corrected chi connectivity index (χ2v) is 3.85. The van der Waals surface area contributed by atoms with Gasteiger partial charge in [0.2, 0.25) is 0 Å². The van der Waals surface area contributed by atoms with Crippen molar-refractivity contribution in [1.82, 2.24) is 4.98 Å². The fraction of sp³-hybridized carbons (Fsp3) is 0.308. The highest BCUT2D eigenvalue weighted by Gasteiger charge is 2.07. The Balaban J connectivity index is 2.29. The van der Waals surface area contributed by atoms with E-state index in [-0.39, 0.29) is 0 Å². The third kappa shape index (κ3) is 2.47. The van der Waals surface area contributed by atoms with Gasteiger partial charge in [-0.1, -0.05) is 0 Å². The van der Waals surface area contributed by atoms with Crippen LogP contribution in [0.4, 0.5) is 0 Å². The molecular weight excluding hydrogens is 216 g/mol. The van der Waals surface area contributed by atoms with Gasteiger partial charge in [0.25, 0.3) is 0 Å². The molecule has 0 aliphatic heterocycles. The van der Waals surface area contributed by atoms with Crippen LogP contribution in [0.2, 0.25) is 0 Å². The average molecular weight is 232 g/mol. The van der Waals surface area contributed by atoms with Crippen LogP contribution in [0.25, 0.3) is 11.3 Å². The highest BCUT2D eigenvalue weighted by atomic mass is 16.5. The Morgan fingerprint density at radius 2 is 2.24 bits per heavy atom. The van der Waals surface area contributed by atoms with Gasteiger partial charge >= 0.3 is 0 Å². The van der Waals surface area contributed by atoms with Crippen LogP contribution >= 0.6 is 0 Å². The van der Waals surface area contributed by atoms with E-state index in [4.69, 9.17) is 14.9 Å². The number of aromatic nitrogens is 1. The summed E-state index contributed by atoms with van der Waals surface area (Å²) in [6.07, 6.45) is 2.32. The predicted octanol–water partition coefficient (Wildman–Crippen LogP) is 2.16. The number of oxazole rings is 1. The number of aryl methyl sites for hydroxylation is 1. The molecule has 4 nitrogen and oxygen atoms in total. The number of benzene rings is 1. The van der Waals surface area contributed by atoms with Gasteiger partial charge < -0.3 is 14.9 Å². The summed E-state index contributed by atoms with van der Waals surface area (Å²) in [5, 5.41) is 0. The number of hydrogen-bond donors (Lipinski definition) is 1. The first kappa shape index (κ1) is 11.7. The third-order valence-corrected chi connectivity index (χ3v) is 2.60. The molecule has 0 radical (unpaired) electrons. The van der Waals surface area contributed by atoms with Gasteiger partial charge in [0.05, 0.1) is 7.11 Å². The molecule has 0 aliphatic rings. The van der Waals surface area contributed by atoms with Crippen molar-refractivity contribution in [1.29, 1.82) is 0 Å². The van der Waals surface area contributed by atoms with E-state index in [1.54, 1.807) is 13.4 Å². The second-order valence-electron chi connectivity index (χ2n) is 3.85. The zero-order valence-corrected chi connectivity index (χ0v) is 10.1. The molecule has 0 amide bonds. The lowest BCUT2D eigenvalue weighted by Gasteiger charge is -2.05. The molecule has 17 heavy (non-hydrogen) atoms. The van der Waals surface area contributed by atoms with E-state index in [2.05, 4.69) is 4.98 Å². The van der Waals surface area contributed by atoms with Crippen LogP contribution in [0.15, 0.2) is 28.9 Å². The van der Waals surface area contributed by atoms with E-state index in [0.717, 1.165) is 22.6 Å². The third-order valence-electron chi connectivity index (χ3n) is 2.60. The van der Waals surface area contributed by atoms with Crippen molar-refractivity contribution in [3.8, 4) is 17.0 Å². The van der Waals surface area contributed by atoms with Crippen LogP contribution in [-0.4, -0.2) is 18.6 Å². The normalized spacial score (nSPS) is 10.5. The molecule has 0 saturated heterocycles. The Hall–Kier alpha value is -1.81. The largest absolute Gasteiger partial charge is 0.496 e. The molecule has 0 spiro atoms. The van der Waals surface area contributed by atoms with Gasteiger partial charge in [0.1, 0.15) is 17.7 Å². The molecule has 2 aromatic rings. The summed E-state index contributed by atoms with van der Waals surface area (Å²) in [6, 6.07) is 5.93. The van der Waals surface area contributed by atoms with Crippen molar-refractivity contribution in [3.05, 3.63) is 35.9 Å². The van der Waals surface area contributed by atoms with Crippen molar-refractivity contribution in [2.45, 2.75) is 13.3 Å². The van der Waals surface area contributed by atoms with Crippen LogP contribution in [-0.2, 0) is 6.42 Å². The van der Waals surface area contributed by atoms with Gasteiger partial charge in [0.15, 0.2) is 5.89 Å². The van der Waals surface area contributed by atoms with E-state index in [0.29, 0.717) is 18.9 Å². The molecule has 0 unspecified atom stereocenters. The van der Waals surface area contributed by atoms with Crippen LogP contribution < -0.4 is 10.5 Å². The van der Waals surface area contributed by atoms with Crippen LogP contribution in [0.3, 0.4) is 0 Å². The van der Waals surface area contributed by atoms with Crippen LogP contribution in [0, 0.1) is 6.92 Å². The van der Waals surface area contributed by atoms with Gasteiger partial charge in [-0.05, 0) is 30.7 Å². The molecule has 0 fully saturated rings. The predicted molar refractivity (Wildman–Crippen MR) is 66.0 cm³/mol. The molecule has 1 aromatic carbocycles. The topological polar surface area (TPSA) is 61.3 Å². The fourth-order valence-corrected chi connectivity index (χ4v) is 1.72. The number of nitrogens with zero attached hydrogens (tertiary/aromatic N) is 1. The van der Waals surface area contributed by atoms with Gasteiger partial charge in [-0.25, -0.2) is 4.98 Å². The number of hydrogen-bond acceptors (Lipinski definition) is 4. The molecule has 0 aliphatic carbocycles. The maximum Gasteiger partial charge on any atom is 0.195 e. The number of methoxy groups -OCH3 is 1. The highest BCUT2D eigenvalue weighted by molar-refractivity contribution is 5.61.